The van der Waals surface area contributed by atoms with Gasteiger partial charge in [0.25, 0.3) is 11.7 Å². The van der Waals surface area contributed by atoms with Crippen LogP contribution in [-0.4, -0.2) is 33.5 Å². The van der Waals surface area contributed by atoms with Gasteiger partial charge in [0.2, 0.25) is 0 Å². The lowest BCUT2D eigenvalue weighted by Crippen LogP contribution is -2.30. The number of aliphatic hydroxyl groups is 2. The number of carbonyl (C=O) groups is 2. The van der Waals surface area contributed by atoms with Crippen LogP contribution in [0.2, 0.25) is 0 Å². The summed E-state index contributed by atoms with van der Waals surface area (Å²) < 4.78 is 0.843. The number of benzene rings is 2. The summed E-state index contributed by atoms with van der Waals surface area (Å²) in [6.07, 6.45) is 0. The van der Waals surface area contributed by atoms with Gasteiger partial charge in [-0.05, 0) is 17.7 Å². The molecule has 0 bridgehead atoms. The minimum absolute atomic E-state index is 0.0254. The van der Waals surface area contributed by atoms with Crippen molar-refractivity contribution in [2.75, 3.05) is 6.73 Å². The molecule has 3 rings (SSSR count). The molecule has 1 aliphatic heterocycles. The first kappa shape index (κ1) is 16.4. The molecule has 2 aromatic rings. The van der Waals surface area contributed by atoms with E-state index in [9.17, 15) is 19.8 Å². The standard InChI is InChI=1S/C18H14BrNO4/c19-13-8-6-11(7-9-13)15-14(17(23)18(24)20(15)10-21)16(22)12-4-2-1-3-5-12/h1-9,15,21-22H,10H2/b16-14+. The fraction of sp³-hybridized carbons (Fsp3) is 0.111. The Bertz CT molecular complexity index is 815. The van der Waals surface area contributed by atoms with E-state index in [1.54, 1.807) is 54.6 Å². The number of Topliss-reactive ketones (excluding diaryl/α,β-unsaturated/α-hetero) is 1. The van der Waals surface area contributed by atoms with Crippen molar-refractivity contribution < 1.29 is 19.8 Å². The number of rotatable bonds is 3. The normalized spacial score (nSPS) is 19.8. The number of amides is 1. The van der Waals surface area contributed by atoms with E-state index in [0.717, 1.165) is 9.37 Å². The van der Waals surface area contributed by atoms with Gasteiger partial charge in [-0.2, -0.15) is 0 Å². The van der Waals surface area contributed by atoms with Gasteiger partial charge in [-0.25, -0.2) is 0 Å². The van der Waals surface area contributed by atoms with Gasteiger partial charge in [0.15, 0.2) is 0 Å². The molecule has 1 aliphatic rings. The van der Waals surface area contributed by atoms with Crippen molar-refractivity contribution in [2.45, 2.75) is 6.04 Å². The fourth-order valence-electron chi connectivity index (χ4n) is 2.77. The molecule has 0 radical (unpaired) electrons. The summed E-state index contributed by atoms with van der Waals surface area (Å²) in [4.78, 5) is 25.6. The van der Waals surface area contributed by atoms with E-state index in [0.29, 0.717) is 11.1 Å². The van der Waals surface area contributed by atoms with Gasteiger partial charge in [0.05, 0.1) is 11.6 Å². The highest BCUT2D eigenvalue weighted by molar-refractivity contribution is 9.10. The van der Waals surface area contributed by atoms with Crippen LogP contribution in [0, 0.1) is 0 Å². The molecule has 1 unspecified atom stereocenters. The summed E-state index contributed by atoms with van der Waals surface area (Å²) in [6.45, 7) is -0.614. The second-order valence-corrected chi connectivity index (χ2v) is 6.24. The SMILES string of the molecule is O=C1C(=O)N(CO)C(c2ccc(Br)cc2)/C1=C(\O)c1ccccc1. The van der Waals surface area contributed by atoms with Gasteiger partial charge in [-0.3, -0.25) is 9.59 Å². The maximum absolute atomic E-state index is 12.4. The molecule has 2 aromatic carbocycles. The van der Waals surface area contributed by atoms with Crippen molar-refractivity contribution in [2.24, 2.45) is 0 Å². The Hall–Kier alpha value is -2.44. The zero-order valence-corrected chi connectivity index (χ0v) is 14.1. The van der Waals surface area contributed by atoms with Crippen LogP contribution in [0.15, 0.2) is 64.6 Å². The van der Waals surface area contributed by atoms with Crippen LogP contribution in [-0.2, 0) is 9.59 Å². The van der Waals surface area contributed by atoms with E-state index < -0.39 is 24.5 Å². The van der Waals surface area contributed by atoms with Crippen LogP contribution in [0.4, 0.5) is 0 Å². The molecule has 6 heteroatoms. The smallest absolute Gasteiger partial charge is 0.297 e. The largest absolute Gasteiger partial charge is 0.507 e. The molecule has 0 spiro atoms. The monoisotopic (exact) mass is 387 g/mol. The van der Waals surface area contributed by atoms with Crippen LogP contribution in [0.25, 0.3) is 5.76 Å². The van der Waals surface area contributed by atoms with Gasteiger partial charge >= 0.3 is 0 Å². The summed E-state index contributed by atoms with van der Waals surface area (Å²) in [5.74, 6) is -1.89. The highest BCUT2D eigenvalue weighted by atomic mass is 79.9. The maximum Gasteiger partial charge on any atom is 0.297 e. The number of aliphatic hydroxyl groups excluding tert-OH is 2. The first-order valence-corrected chi connectivity index (χ1v) is 8.04. The molecule has 1 saturated heterocycles. The highest BCUT2D eigenvalue weighted by Gasteiger charge is 2.45. The van der Waals surface area contributed by atoms with Crippen LogP contribution >= 0.6 is 15.9 Å². The Balaban J connectivity index is 2.19. The average Bonchev–Trinajstić information content (AvgIpc) is 2.86. The van der Waals surface area contributed by atoms with E-state index in [2.05, 4.69) is 15.9 Å². The van der Waals surface area contributed by atoms with Gasteiger partial charge in [0.1, 0.15) is 12.5 Å². The highest BCUT2D eigenvalue weighted by Crippen LogP contribution is 2.39. The second-order valence-electron chi connectivity index (χ2n) is 5.33. The van der Waals surface area contributed by atoms with Crippen LogP contribution < -0.4 is 0 Å². The van der Waals surface area contributed by atoms with Crippen molar-refractivity contribution in [3.05, 3.63) is 75.8 Å². The molecule has 24 heavy (non-hydrogen) atoms. The Morgan fingerprint density at radius 3 is 2.25 bits per heavy atom. The van der Waals surface area contributed by atoms with Crippen molar-refractivity contribution in [3.8, 4) is 0 Å². The number of ketones is 1. The van der Waals surface area contributed by atoms with Gasteiger partial charge < -0.3 is 15.1 Å². The Morgan fingerprint density at radius 2 is 1.67 bits per heavy atom. The van der Waals surface area contributed by atoms with Crippen LogP contribution in [0.5, 0.6) is 0 Å². The summed E-state index contributed by atoms with van der Waals surface area (Å²) in [6, 6.07) is 14.7. The number of carbonyl (C=O) groups excluding carboxylic acids is 2. The zero-order valence-electron chi connectivity index (χ0n) is 12.5. The van der Waals surface area contributed by atoms with Crippen molar-refractivity contribution in [1.29, 1.82) is 0 Å². The molecular formula is C18H14BrNO4. The lowest BCUT2D eigenvalue weighted by molar-refractivity contribution is -0.142. The quantitative estimate of drug-likeness (QED) is 0.482. The molecule has 0 saturated carbocycles. The number of likely N-dealkylation sites (tertiary alicyclic amines) is 1. The summed E-state index contributed by atoms with van der Waals surface area (Å²) >= 11 is 3.33. The predicted octanol–water partition coefficient (Wildman–Crippen LogP) is 2.82. The average molecular weight is 388 g/mol. The topological polar surface area (TPSA) is 77.8 Å². The van der Waals surface area contributed by atoms with Crippen molar-refractivity contribution in [3.63, 3.8) is 0 Å². The minimum atomic E-state index is -0.831. The van der Waals surface area contributed by atoms with E-state index >= 15 is 0 Å². The number of hydrogen-bond acceptors (Lipinski definition) is 4. The molecule has 1 atom stereocenters. The predicted molar refractivity (Wildman–Crippen MR) is 91.8 cm³/mol. The molecule has 1 fully saturated rings. The third-order valence-electron chi connectivity index (χ3n) is 3.93. The van der Waals surface area contributed by atoms with Gasteiger partial charge in [-0.1, -0.05) is 58.4 Å². The van der Waals surface area contributed by atoms with E-state index in [1.165, 1.54) is 0 Å². The van der Waals surface area contributed by atoms with Gasteiger partial charge in [-0.15, -0.1) is 0 Å². The zero-order chi connectivity index (χ0) is 17.3. The second kappa shape index (κ2) is 6.59. The van der Waals surface area contributed by atoms with E-state index in [-0.39, 0.29) is 11.3 Å². The first-order valence-electron chi connectivity index (χ1n) is 7.24. The molecule has 1 amide bonds. The number of hydrogen-bond donors (Lipinski definition) is 2. The number of nitrogens with zero attached hydrogens (tertiary/aromatic N) is 1. The number of halogens is 1. The van der Waals surface area contributed by atoms with Crippen LogP contribution in [0.3, 0.4) is 0 Å². The molecule has 2 N–H and O–H groups in total. The third kappa shape index (κ3) is 2.74. The molecular weight excluding hydrogens is 374 g/mol. The van der Waals surface area contributed by atoms with Gasteiger partial charge in [0, 0.05) is 10.0 Å². The van der Waals surface area contributed by atoms with Crippen LogP contribution in [0.1, 0.15) is 17.2 Å². The fourth-order valence-corrected chi connectivity index (χ4v) is 3.03. The Labute approximate surface area is 147 Å². The molecule has 122 valence electrons. The summed E-state index contributed by atoms with van der Waals surface area (Å²) in [5.41, 5.74) is 1.04. The van der Waals surface area contributed by atoms with Crippen molar-refractivity contribution >= 4 is 33.4 Å². The summed E-state index contributed by atoms with van der Waals surface area (Å²) in [5, 5.41) is 20.1. The van der Waals surface area contributed by atoms with E-state index in [4.69, 9.17) is 0 Å². The lowest BCUT2D eigenvalue weighted by Gasteiger charge is -2.23. The summed E-state index contributed by atoms with van der Waals surface area (Å²) in [7, 11) is 0. The molecule has 0 aromatic heterocycles. The Morgan fingerprint density at radius 1 is 1.04 bits per heavy atom. The van der Waals surface area contributed by atoms with E-state index in [1.807, 2.05) is 0 Å². The molecule has 5 nitrogen and oxygen atoms in total. The first-order chi connectivity index (χ1) is 11.5. The minimum Gasteiger partial charge on any atom is -0.507 e. The molecule has 1 heterocycles. The lowest BCUT2D eigenvalue weighted by atomic mass is 9.95. The Kier molecular flexibility index (Phi) is 4.51. The van der Waals surface area contributed by atoms with Crippen molar-refractivity contribution in [1.82, 2.24) is 4.90 Å². The molecule has 0 aliphatic carbocycles. The maximum atomic E-state index is 12.4. The third-order valence-corrected chi connectivity index (χ3v) is 4.45.